The van der Waals surface area contributed by atoms with Gasteiger partial charge in [0.05, 0.1) is 5.56 Å². The predicted molar refractivity (Wildman–Crippen MR) is 79.3 cm³/mol. The van der Waals surface area contributed by atoms with Gasteiger partial charge in [-0.25, -0.2) is 0 Å². The summed E-state index contributed by atoms with van der Waals surface area (Å²) < 4.78 is 38.6. The standard InChI is InChI=1S/C17H24F3N/c1-2-10-21-12-14-6-3-4-9-16(14)13-7-5-8-15(11-13)17(18,19)20/h5,7-8,11,14,16,21H,2-4,6,9-10,12H2,1H3. The molecule has 1 aliphatic rings. The van der Waals surface area contributed by atoms with Gasteiger partial charge in [0.15, 0.2) is 0 Å². The first-order valence-electron chi connectivity index (χ1n) is 7.90. The van der Waals surface area contributed by atoms with Crippen molar-refractivity contribution in [2.24, 2.45) is 5.92 Å². The van der Waals surface area contributed by atoms with Gasteiger partial charge in [-0.05, 0) is 55.8 Å². The van der Waals surface area contributed by atoms with Gasteiger partial charge in [0.2, 0.25) is 0 Å². The maximum Gasteiger partial charge on any atom is 0.416 e. The highest BCUT2D eigenvalue weighted by molar-refractivity contribution is 5.29. The molecule has 0 aromatic heterocycles. The Morgan fingerprint density at radius 1 is 1.19 bits per heavy atom. The van der Waals surface area contributed by atoms with E-state index in [4.69, 9.17) is 0 Å². The lowest BCUT2D eigenvalue weighted by Gasteiger charge is -2.32. The van der Waals surface area contributed by atoms with Crippen LogP contribution in [0.15, 0.2) is 24.3 Å². The normalized spacial score (nSPS) is 23.2. The molecule has 0 aliphatic heterocycles. The maximum atomic E-state index is 12.9. The zero-order valence-corrected chi connectivity index (χ0v) is 12.5. The molecule has 1 saturated carbocycles. The quantitative estimate of drug-likeness (QED) is 0.756. The highest BCUT2D eigenvalue weighted by Gasteiger charge is 2.32. The SMILES string of the molecule is CCCNCC1CCCCC1c1cccc(C(F)(F)F)c1. The summed E-state index contributed by atoms with van der Waals surface area (Å²) in [5.41, 5.74) is 0.332. The summed E-state index contributed by atoms with van der Waals surface area (Å²) >= 11 is 0. The van der Waals surface area contributed by atoms with Crippen LogP contribution in [-0.2, 0) is 6.18 Å². The fraction of sp³-hybridized carbons (Fsp3) is 0.647. The van der Waals surface area contributed by atoms with Gasteiger partial charge in [0.1, 0.15) is 0 Å². The van der Waals surface area contributed by atoms with Crippen molar-refractivity contribution in [2.75, 3.05) is 13.1 Å². The molecule has 2 rings (SSSR count). The third-order valence-corrected chi connectivity index (χ3v) is 4.38. The molecular weight excluding hydrogens is 275 g/mol. The average molecular weight is 299 g/mol. The van der Waals surface area contributed by atoms with E-state index in [0.717, 1.165) is 50.4 Å². The van der Waals surface area contributed by atoms with Crippen LogP contribution in [0, 0.1) is 5.92 Å². The summed E-state index contributed by atoms with van der Waals surface area (Å²) in [6, 6.07) is 5.92. The fourth-order valence-corrected chi connectivity index (χ4v) is 3.30. The molecule has 1 fully saturated rings. The van der Waals surface area contributed by atoms with E-state index in [1.165, 1.54) is 12.5 Å². The number of benzene rings is 1. The second-order valence-corrected chi connectivity index (χ2v) is 5.98. The van der Waals surface area contributed by atoms with Crippen LogP contribution >= 0.6 is 0 Å². The van der Waals surface area contributed by atoms with Crippen molar-refractivity contribution >= 4 is 0 Å². The zero-order chi connectivity index (χ0) is 15.3. The molecule has 0 heterocycles. The Hall–Kier alpha value is -1.03. The monoisotopic (exact) mass is 299 g/mol. The fourth-order valence-electron chi connectivity index (χ4n) is 3.30. The van der Waals surface area contributed by atoms with Crippen LogP contribution in [0.4, 0.5) is 13.2 Å². The lowest BCUT2D eigenvalue weighted by molar-refractivity contribution is -0.137. The number of hydrogen-bond acceptors (Lipinski definition) is 1. The lowest BCUT2D eigenvalue weighted by atomic mass is 9.75. The van der Waals surface area contributed by atoms with Gasteiger partial charge in [-0.3, -0.25) is 0 Å². The van der Waals surface area contributed by atoms with Gasteiger partial charge >= 0.3 is 6.18 Å². The van der Waals surface area contributed by atoms with Crippen LogP contribution in [-0.4, -0.2) is 13.1 Å². The number of rotatable bonds is 5. The highest BCUT2D eigenvalue weighted by atomic mass is 19.4. The third-order valence-electron chi connectivity index (χ3n) is 4.38. The van der Waals surface area contributed by atoms with Gasteiger partial charge in [0.25, 0.3) is 0 Å². The summed E-state index contributed by atoms with van der Waals surface area (Å²) in [5.74, 6) is 0.708. The van der Waals surface area contributed by atoms with Gasteiger partial charge in [-0.15, -0.1) is 0 Å². The van der Waals surface area contributed by atoms with E-state index >= 15 is 0 Å². The molecule has 0 radical (unpaired) electrons. The molecular formula is C17H24F3N. The zero-order valence-electron chi connectivity index (χ0n) is 12.5. The Balaban J connectivity index is 2.13. The first kappa shape index (κ1) is 16.3. The molecule has 1 aliphatic carbocycles. The van der Waals surface area contributed by atoms with Gasteiger partial charge in [-0.2, -0.15) is 13.2 Å². The maximum absolute atomic E-state index is 12.9. The molecule has 0 bridgehead atoms. The van der Waals surface area contributed by atoms with Crippen molar-refractivity contribution in [1.29, 1.82) is 0 Å². The van der Waals surface area contributed by atoms with Crippen molar-refractivity contribution in [2.45, 2.75) is 51.1 Å². The van der Waals surface area contributed by atoms with E-state index in [9.17, 15) is 13.2 Å². The smallest absolute Gasteiger partial charge is 0.316 e. The van der Waals surface area contributed by atoms with Crippen LogP contribution in [0.25, 0.3) is 0 Å². The topological polar surface area (TPSA) is 12.0 Å². The molecule has 0 spiro atoms. The second-order valence-electron chi connectivity index (χ2n) is 5.98. The average Bonchev–Trinajstić information content (AvgIpc) is 2.47. The van der Waals surface area contributed by atoms with E-state index in [0.29, 0.717) is 5.92 Å². The summed E-state index contributed by atoms with van der Waals surface area (Å²) in [6.07, 6.45) is 1.25. The first-order valence-corrected chi connectivity index (χ1v) is 7.90. The van der Waals surface area contributed by atoms with Crippen molar-refractivity contribution in [3.05, 3.63) is 35.4 Å². The minimum absolute atomic E-state index is 0.255. The summed E-state index contributed by atoms with van der Waals surface area (Å²) in [4.78, 5) is 0. The molecule has 2 atom stereocenters. The van der Waals surface area contributed by atoms with E-state index < -0.39 is 11.7 Å². The molecule has 21 heavy (non-hydrogen) atoms. The largest absolute Gasteiger partial charge is 0.416 e. The minimum Gasteiger partial charge on any atom is -0.316 e. The van der Waals surface area contributed by atoms with Crippen molar-refractivity contribution in [3.63, 3.8) is 0 Å². The summed E-state index contributed by atoms with van der Waals surface area (Å²) in [6.45, 7) is 4.01. The Labute approximate surface area is 124 Å². The number of nitrogens with one attached hydrogen (secondary N) is 1. The van der Waals surface area contributed by atoms with Gasteiger partial charge < -0.3 is 5.32 Å². The molecule has 1 aromatic rings. The van der Waals surface area contributed by atoms with Crippen molar-refractivity contribution in [1.82, 2.24) is 5.32 Å². The number of alkyl halides is 3. The first-order chi connectivity index (χ1) is 10.0. The highest BCUT2D eigenvalue weighted by Crippen LogP contribution is 2.39. The molecule has 1 N–H and O–H groups in total. The van der Waals surface area contributed by atoms with Crippen molar-refractivity contribution in [3.8, 4) is 0 Å². The van der Waals surface area contributed by atoms with Crippen LogP contribution < -0.4 is 5.32 Å². The minimum atomic E-state index is -4.25. The van der Waals surface area contributed by atoms with E-state index in [1.807, 2.05) is 6.07 Å². The molecule has 2 unspecified atom stereocenters. The van der Waals surface area contributed by atoms with Gasteiger partial charge in [-0.1, -0.05) is 38.0 Å². The molecule has 4 heteroatoms. The third kappa shape index (κ3) is 4.47. The molecule has 0 saturated heterocycles. The van der Waals surface area contributed by atoms with E-state index in [2.05, 4.69) is 12.2 Å². The van der Waals surface area contributed by atoms with Crippen LogP contribution in [0.5, 0.6) is 0 Å². The lowest BCUT2D eigenvalue weighted by Crippen LogP contribution is -2.30. The molecule has 1 aromatic carbocycles. The Bertz CT molecular complexity index is 442. The Kier molecular flexibility index (Phi) is 5.68. The predicted octanol–water partition coefficient (Wildman–Crippen LogP) is 4.98. The molecule has 118 valence electrons. The summed E-state index contributed by atoms with van der Waals surface area (Å²) in [5, 5.41) is 3.43. The van der Waals surface area contributed by atoms with E-state index in [-0.39, 0.29) is 5.92 Å². The van der Waals surface area contributed by atoms with E-state index in [1.54, 1.807) is 6.07 Å². The Morgan fingerprint density at radius 2 is 1.95 bits per heavy atom. The number of hydrogen-bond donors (Lipinski definition) is 1. The molecule has 0 amide bonds. The Morgan fingerprint density at radius 3 is 2.67 bits per heavy atom. The van der Waals surface area contributed by atoms with Crippen LogP contribution in [0.3, 0.4) is 0 Å². The van der Waals surface area contributed by atoms with Gasteiger partial charge in [0, 0.05) is 0 Å². The second kappa shape index (κ2) is 7.30. The number of halogens is 3. The van der Waals surface area contributed by atoms with Crippen molar-refractivity contribution < 1.29 is 13.2 Å². The molecule has 1 nitrogen and oxygen atoms in total. The van der Waals surface area contributed by atoms with Crippen LogP contribution in [0.2, 0.25) is 0 Å². The summed E-state index contributed by atoms with van der Waals surface area (Å²) in [7, 11) is 0. The van der Waals surface area contributed by atoms with Crippen LogP contribution in [0.1, 0.15) is 56.1 Å².